The number of nitrogens with two attached hydrogens (primary N) is 1. The maximum Gasteiger partial charge on any atom is 0.247 e. The van der Waals surface area contributed by atoms with Gasteiger partial charge < -0.3 is 41.0 Å². The van der Waals surface area contributed by atoms with Crippen LogP contribution in [0.4, 0.5) is 28.7 Å². The van der Waals surface area contributed by atoms with Crippen LogP contribution in [0.1, 0.15) is 26.7 Å². The first-order valence-electron chi connectivity index (χ1n) is 24.1. The van der Waals surface area contributed by atoms with Crippen LogP contribution >= 0.6 is 11.6 Å². The summed E-state index contributed by atoms with van der Waals surface area (Å²) in [5.41, 5.74) is 13.8. The SMILES string of the molecule is C=CC(=O)Nc1cccc(-c2cccc3cnc(Cl)nc23)c1.C=CC(=O)Nc1cccc(-c2cccc3cnc(Nc4ccc(O[C@H]5CCN(C(C)=O)C5)cc4)nc23)c1.CC(=O)N1CC[C@H](Oc2ccc(N)cc2)C1. The lowest BCUT2D eigenvalue weighted by Gasteiger charge is -2.16. The van der Waals surface area contributed by atoms with Gasteiger partial charge in [0.25, 0.3) is 0 Å². The summed E-state index contributed by atoms with van der Waals surface area (Å²) in [4.78, 5) is 67.0. The third-order valence-corrected chi connectivity index (χ3v) is 12.4. The highest BCUT2D eigenvalue weighted by Gasteiger charge is 2.26. The summed E-state index contributed by atoms with van der Waals surface area (Å²) in [5.74, 6) is 1.72. The molecule has 380 valence electrons. The Hall–Kier alpha value is -9.15. The van der Waals surface area contributed by atoms with Gasteiger partial charge in [0.2, 0.25) is 34.9 Å². The Bertz CT molecular complexity index is 3370. The van der Waals surface area contributed by atoms with Crippen LogP contribution in [0.25, 0.3) is 44.1 Å². The maximum absolute atomic E-state index is 11.7. The predicted octanol–water partition coefficient (Wildman–Crippen LogP) is 10.5. The van der Waals surface area contributed by atoms with Crippen molar-refractivity contribution in [2.45, 2.75) is 38.9 Å². The van der Waals surface area contributed by atoms with Crippen molar-refractivity contribution < 1.29 is 28.7 Å². The van der Waals surface area contributed by atoms with E-state index in [1.807, 2.05) is 138 Å². The standard InChI is InChI=1S/C29H27N5O3.C17H12ClN3O.C12H16N2O2/c1-3-27(36)31-23-8-4-6-20(16-23)26-9-5-7-21-17-30-29(33-28(21)26)32-22-10-12-24(13-11-22)37-25-14-15-34(18-25)19(2)35;1-2-15(22)20-13-7-3-5-11(9-13)14-8-4-6-12-10-19-17(18)21-16(12)14;1-9(15)14-7-6-12(8-14)16-11-4-2-10(13)3-5-11/h3-13,16-17,25H,1,14-15,18H2,2H3,(H,31,36)(H,30,32,33);2-10H,1H2,(H,20,22);2-5,12H,6-8,13H2,1H3/t25-;;12-/m0.0/s1. The number of hydrogen-bond donors (Lipinski definition) is 4. The van der Waals surface area contributed by atoms with E-state index in [9.17, 15) is 19.2 Å². The summed E-state index contributed by atoms with van der Waals surface area (Å²) in [5, 5.41) is 10.8. The highest BCUT2D eigenvalue weighted by atomic mass is 35.5. The number of nitrogens with one attached hydrogen (secondary N) is 3. The summed E-state index contributed by atoms with van der Waals surface area (Å²) < 4.78 is 11.8. The third kappa shape index (κ3) is 14.1. The van der Waals surface area contributed by atoms with Crippen molar-refractivity contribution in [2.24, 2.45) is 0 Å². The number of nitrogens with zero attached hydrogens (tertiary/aromatic N) is 6. The number of hydrogen-bond acceptors (Lipinski definition) is 12. The van der Waals surface area contributed by atoms with E-state index >= 15 is 0 Å². The summed E-state index contributed by atoms with van der Waals surface area (Å²) in [7, 11) is 0. The number of ether oxygens (including phenoxy) is 2. The normalized spacial score (nSPS) is 14.6. The van der Waals surface area contributed by atoms with E-state index in [-0.39, 0.29) is 41.1 Å². The molecular weight excluding hydrogens is 968 g/mol. The minimum Gasteiger partial charge on any atom is -0.489 e. The highest BCUT2D eigenvalue weighted by Crippen LogP contribution is 2.32. The molecule has 8 aromatic rings. The molecule has 0 spiro atoms. The van der Waals surface area contributed by atoms with Gasteiger partial charge in [-0.2, -0.15) is 0 Å². The Morgan fingerprint density at radius 2 is 1.08 bits per heavy atom. The molecule has 75 heavy (non-hydrogen) atoms. The van der Waals surface area contributed by atoms with Crippen LogP contribution in [0.5, 0.6) is 11.5 Å². The second kappa shape index (κ2) is 24.5. The zero-order valence-electron chi connectivity index (χ0n) is 41.4. The summed E-state index contributed by atoms with van der Waals surface area (Å²) in [6.07, 6.45) is 7.79. The number of benzene rings is 6. The van der Waals surface area contributed by atoms with Gasteiger partial charge in [0.1, 0.15) is 23.7 Å². The van der Waals surface area contributed by atoms with Gasteiger partial charge in [-0.3, -0.25) is 19.2 Å². The lowest BCUT2D eigenvalue weighted by atomic mass is 10.0. The molecule has 0 aliphatic carbocycles. The Kier molecular flexibility index (Phi) is 17.1. The van der Waals surface area contributed by atoms with E-state index in [0.717, 1.165) is 92.9 Å². The van der Waals surface area contributed by atoms with Crippen LogP contribution in [0.15, 0.2) is 171 Å². The lowest BCUT2D eigenvalue weighted by molar-refractivity contribution is -0.128. The van der Waals surface area contributed by atoms with E-state index < -0.39 is 0 Å². The molecule has 6 aromatic carbocycles. The number of carbonyl (C=O) groups excluding carboxylic acids is 4. The van der Waals surface area contributed by atoms with Crippen molar-refractivity contribution in [1.82, 2.24) is 29.7 Å². The fourth-order valence-corrected chi connectivity index (χ4v) is 8.56. The maximum atomic E-state index is 11.7. The molecule has 2 aromatic heterocycles. The zero-order chi connectivity index (χ0) is 52.8. The number of amides is 4. The molecule has 16 nitrogen and oxygen atoms in total. The van der Waals surface area contributed by atoms with Crippen LogP contribution in [0.2, 0.25) is 5.28 Å². The van der Waals surface area contributed by atoms with E-state index in [1.54, 1.807) is 31.1 Å². The van der Waals surface area contributed by atoms with Gasteiger partial charge in [0.15, 0.2) is 0 Å². The van der Waals surface area contributed by atoms with Gasteiger partial charge in [-0.15, -0.1) is 0 Å². The van der Waals surface area contributed by atoms with Crippen molar-refractivity contribution in [3.8, 4) is 33.8 Å². The number of rotatable bonds is 12. The smallest absolute Gasteiger partial charge is 0.247 e. The first-order chi connectivity index (χ1) is 36.3. The quantitative estimate of drug-likeness (QED) is 0.0512. The van der Waals surface area contributed by atoms with E-state index in [4.69, 9.17) is 31.8 Å². The Morgan fingerprint density at radius 1 is 0.613 bits per heavy atom. The Labute approximate surface area is 439 Å². The molecule has 0 unspecified atom stereocenters. The molecule has 2 saturated heterocycles. The van der Waals surface area contributed by atoms with Gasteiger partial charge in [-0.1, -0.05) is 73.8 Å². The molecule has 2 atom stereocenters. The Balaban J connectivity index is 0.000000166. The summed E-state index contributed by atoms with van der Waals surface area (Å²) >= 11 is 5.91. The molecule has 2 aliphatic heterocycles. The van der Waals surface area contributed by atoms with Crippen molar-refractivity contribution in [3.63, 3.8) is 0 Å². The number of fused-ring (bicyclic) bond motifs is 2. The third-order valence-electron chi connectivity index (χ3n) is 12.2. The molecule has 2 aliphatic rings. The van der Waals surface area contributed by atoms with Crippen LogP contribution < -0.4 is 31.2 Å². The van der Waals surface area contributed by atoms with Crippen LogP contribution in [-0.4, -0.2) is 91.8 Å². The van der Waals surface area contributed by atoms with Gasteiger partial charge >= 0.3 is 0 Å². The van der Waals surface area contributed by atoms with Crippen molar-refractivity contribution in [1.29, 1.82) is 0 Å². The molecule has 5 N–H and O–H groups in total. The Morgan fingerprint density at radius 3 is 1.56 bits per heavy atom. The predicted molar refractivity (Wildman–Crippen MR) is 296 cm³/mol. The van der Waals surface area contributed by atoms with Gasteiger partial charge in [-0.25, -0.2) is 19.9 Å². The molecular formula is C58H55ClN10O6. The second-order valence-corrected chi connectivity index (χ2v) is 17.9. The van der Waals surface area contributed by atoms with Crippen molar-refractivity contribution in [3.05, 3.63) is 176 Å². The molecule has 0 bridgehead atoms. The average molecular weight is 1020 g/mol. The molecule has 17 heteroatoms. The van der Waals surface area contributed by atoms with Gasteiger partial charge in [-0.05, 0) is 108 Å². The monoisotopic (exact) mass is 1020 g/mol. The minimum atomic E-state index is -0.262. The molecule has 4 heterocycles. The lowest BCUT2D eigenvalue weighted by Crippen LogP contribution is -2.28. The zero-order valence-corrected chi connectivity index (χ0v) is 42.2. The van der Waals surface area contributed by atoms with Crippen molar-refractivity contribution in [2.75, 3.05) is 47.9 Å². The number of carbonyl (C=O) groups is 4. The van der Waals surface area contributed by atoms with Gasteiger partial charge in [0, 0.05) is 96.8 Å². The average Bonchev–Trinajstić information content (AvgIpc) is 4.11. The topological polar surface area (TPSA) is 207 Å². The number of aromatic nitrogens is 4. The van der Waals surface area contributed by atoms with Crippen molar-refractivity contribution >= 4 is 85.7 Å². The van der Waals surface area contributed by atoms with E-state index in [1.165, 1.54) is 12.2 Å². The van der Waals surface area contributed by atoms with Crippen LogP contribution in [-0.2, 0) is 19.2 Å². The highest BCUT2D eigenvalue weighted by molar-refractivity contribution is 6.28. The number of anilines is 5. The first-order valence-corrected chi connectivity index (χ1v) is 24.5. The fraction of sp³-hybridized carbons (Fsp3) is 0.172. The number of nitrogen functional groups attached to an aromatic ring is 1. The first kappa shape index (κ1) is 52.2. The van der Waals surface area contributed by atoms with Crippen LogP contribution in [0, 0.1) is 0 Å². The second-order valence-electron chi connectivity index (χ2n) is 17.6. The summed E-state index contributed by atoms with van der Waals surface area (Å²) in [6.45, 7) is 12.9. The molecule has 10 rings (SSSR count). The molecule has 0 radical (unpaired) electrons. The molecule has 0 saturated carbocycles. The largest absolute Gasteiger partial charge is 0.489 e. The number of halogens is 1. The number of likely N-dealkylation sites (tertiary alicyclic amines) is 2. The summed E-state index contributed by atoms with van der Waals surface area (Å²) in [6, 6.07) is 41.8. The van der Waals surface area contributed by atoms with E-state index in [0.29, 0.717) is 30.4 Å². The van der Waals surface area contributed by atoms with Crippen LogP contribution in [0.3, 0.4) is 0 Å². The molecule has 2 fully saturated rings. The minimum absolute atomic E-state index is 0.00791. The van der Waals surface area contributed by atoms with Gasteiger partial charge in [0.05, 0.1) is 24.1 Å². The number of para-hydroxylation sites is 2. The van der Waals surface area contributed by atoms with E-state index in [2.05, 4.69) is 44.1 Å². The fourth-order valence-electron chi connectivity index (χ4n) is 8.43. The molecule has 4 amide bonds.